The van der Waals surface area contributed by atoms with E-state index in [1.807, 2.05) is 43.4 Å². The number of hydrogen-bond acceptors (Lipinski definition) is 3. The molecule has 0 saturated carbocycles. The molecule has 2 aromatic carbocycles. The first-order valence-corrected chi connectivity index (χ1v) is 7.38. The Hall–Kier alpha value is -1.52. The minimum absolute atomic E-state index is 0.0453. The lowest BCUT2D eigenvalue weighted by Crippen LogP contribution is -2.40. The number of likely N-dealkylation sites (N-methyl/N-ethyl adjacent to an activating group) is 1. The summed E-state index contributed by atoms with van der Waals surface area (Å²) in [6, 6.07) is 16.1. The molecule has 2 atom stereocenters. The normalized spacial score (nSPS) is 18.6. The predicted octanol–water partition coefficient (Wildman–Crippen LogP) is 3.55. The van der Waals surface area contributed by atoms with Gasteiger partial charge in [-0.25, -0.2) is 0 Å². The Morgan fingerprint density at radius 2 is 1.80 bits per heavy atom. The first kappa shape index (κ1) is 13.5. The highest BCUT2D eigenvalue weighted by Crippen LogP contribution is 2.34. The Bertz CT molecular complexity index is 585. The van der Waals surface area contributed by atoms with Gasteiger partial charge < -0.3 is 14.8 Å². The number of halogens is 1. The van der Waals surface area contributed by atoms with Crippen molar-refractivity contribution in [3.05, 3.63) is 58.6 Å². The highest BCUT2D eigenvalue weighted by molar-refractivity contribution is 9.10. The quantitative estimate of drug-likeness (QED) is 0.931. The summed E-state index contributed by atoms with van der Waals surface area (Å²) in [6.07, 6.45) is -0.0453. The molecule has 20 heavy (non-hydrogen) atoms. The number of para-hydroxylation sites is 2. The van der Waals surface area contributed by atoms with Gasteiger partial charge in [0.05, 0.1) is 6.04 Å². The van der Waals surface area contributed by atoms with Crippen LogP contribution < -0.4 is 14.8 Å². The van der Waals surface area contributed by atoms with Crippen molar-refractivity contribution in [3.8, 4) is 11.5 Å². The van der Waals surface area contributed by atoms with E-state index in [1.165, 1.54) is 5.56 Å². The van der Waals surface area contributed by atoms with Crippen LogP contribution in [-0.2, 0) is 0 Å². The molecule has 0 amide bonds. The van der Waals surface area contributed by atoms with Gasteiger partial charge in [0.15, 0.2) is 17.6 Å². The number of nitrogens with one attached hydrogen (secondary N) is 1. The molecule has 1 heterocycles. The smallest absolute Gasteiger partial charge is 0.161 e. The Kier molecular flexibility index (Phi) is 3.94. The molecule has 0 saturated heterocycles. The van der Waals surface area contributed by atoms with Crippen LogP contribution in [-0.4, -0.2) is 19.8 Å². The molecule has 2 aromatic rings. The fourth-order valence-corrected chi connectivity index (χ4v) is 2.70. The Labute approximate surface area is 127 Å². The van der Waals surface area contributed by atoms with Gasteiger partial charge in [0.1, 0.15) is 6.61 Å². The summed E-state index contributed by atoms with van der Waals surface area (Å²) in [5, 5.41) is 3.32. The van der Waals surface area contributed by atoms with Gasteiger partial charge in [-0.15, -0.1) is 0 Å². The van der Waals surface area contributed by atoms with Crippen molar-refractivity contribution in [1.82, 2.24) is 5.32 Å². The molecule has 0 fully saturated rings. The third-order valence-corrected chi connectivity index (χ3v) is 3.97. The average molecular weight is 334 g/mol. The molecule has 1 aliphatic rings. The lowest BCUT2D eigenvalue weighted by atomic mass is 10.0. The highest BCUT2D eigenvalue weighted by atomic mass is 79.9. The van der Waals surface area contributed by atoms with Crippen molar-refractivity contribution in [2.45, 2.75) is 12.1 Å². The summed E-state index contributed by atoms with van der Waals surface area (Å²) in [4.78, 5) is 0. The van der Waals surface area contributed by atoms with Crippen LogP contribution in [0.3, 0.4) is 0 Å². The summed E-state index contributed by atoms with van der Waals surface area (Å²) in [5.41, 5.74) is 1.18. The maximum absolute atomic E-state index is 6.07. The lowest BCUT2D eigenvalue weighted by molar-refractivity contribution is 0.0638. The van der Waals surface area contributed by atoms with Crippen molar-refractivity contribution < 1.29 is 9.47 Å². The minimum atomic E-state index is -0.0453. The molecule has 0 radical (unpaired) electrons. The van der Waals surface area contributed by atoms with E-state index in [-0.39, 0.29) is 12.1 Å². The lowest BCUT2D eigenvalue weighted by Gasteiger charge is -2.32. The van der Waals surface area contributed by atoms with E-state index in [0.717, 1.165) is 16.0 Å². The first-order chi connectivity index (χ1) is 9.78. The highest BCUT2D eigenvalue weighted by Gasteiger charge is 2.28. The van der Waals surface area contributed by atoms with Crippen molar-refractivity contribution >= 4 is 15.9 Å². The van der Waals surface area contributed by atoms with Gasteiger partial charge in [0.25, 0.3) is 0 Å². The van der Waals surface area contributed by atoms with E-state index >= 15 is 0 Å². The van der Waals surface area contributed by atoms with Crippen LogP contribution in [0.15, 0.2) is 53.0 Å². The zero-order chi connectivity index (χ0) is 13.9. The van der Waals surface area contributed by atoms with Gasteiger partial charge in [0.2, 0.25) is 0 Å². The number of hydrogen-bond donors (Lipinski definition) is 1. The fourth-order valence-electron chi connectivity index (χ4n) is 2.44. The molecule has 1 N–H and O–H groups in total. The van der Waals surface area contributed by atoms with Gasteiger partial charge in [-0.2, -0.15) is 0 Å². The van der Waals surface area contributed by atoms with E-state index in [2.05, 4.69) is 33.4 Å². The summed E-state index contributed by atoms with van der Waals surface area (Å²) in [5.74, 6) is 1.62. The third-order valence-electron chi connectivity index (χ3n) is 3.44. The number of ether oxygens (including phenoxy) is 2. The monoisotopic (exact) mass is 333 g/mol. The van der Waals surface area contributed by atoms with Gasteiger partial charge in [0, 0.05) is 4.47 Å². The number of benzene rings is 2. The van der Waals surface area contributed by atoms with Crippen LogP contribution in [0.1, 0.15) is 11.6 Å². The van der Waals surface area contributed by atoms with Gasteiger partial charge in [-0.05, 0) is 36.9 Å². The Morgan fingerprint density at radius 1 is 1.10 bits per heavy atom. The molecular formula is C16H16BrNO2. The second-order valence-corrected chi connectivity index (χ2v) is 5.65. The second-order valence-electron chi connectivity index (χ2n) is 4.73. The SMILES string of the molecule is CNC(c1ccc(Br)cc1)C1COc2ccccc2O1. The molecule has 1 aliphatic heterocycles. The summed E-state index contributed by atoms with van der Waals surface area (Å²) in [7, 11) is 1.94. The zero-order valence-corrected chi connectivity index (χ0v) is 12.8. The molecular weight excluding hydrogens is 318 g/mol. The summed E-state index contributed by atoms with van der Waals surface area (Å²) < 4.78 is 12.9. The van der Waals surface area contributed by atoms with Gasteiger partial charge in [-0.3, -0.25) is 0 Å². The molecule has 0 bridgehead atoms. The van der Waals surface area contributed by atoms with Crippen LogP contribution in [0, 0.1) is 0 Å². The molecule has 3 nitrogen and oxygen atoms in total. The van der Waals surface area contributed by atoms with Crippen LogP contribution in [0.25, 0.3) is 0 Å². The largest absolute Gasteiger partial charge is 0.486 e. The number of rotatable bonds is 3. The number of fused-ring (bicyclic) bond motifs is 1. The van der Waals surface area contributed by atoms with Crippen LogP contribution in [0.2, 0.25) is 0 Å². The van der Waals surface area contributed by atoms with Gasteiger partial charge in [-0.1, -0.05) is 40.2 Å². The van der Waals surface area contributed by atoms with Crippen LogP contribution in [0.5, 0.6) is 11.5 Å². The van der Waals surface area contributed by atoms with Gasteiger partial charge >= 0.3 is 0 Å². The molecule has 2 unspecified atom stereocenters. The van der Waals surface area contributed by atoms with Crippen LogP contribution >= 0.6 is 15.9 Å². The zero-order valence-electron chi connectivity index (χ0n) is 11.2. The molecule has 3 rings (SSSR count). The van der Waals surface area contributed by atoms with Crippen LogP contribution in [0.4, 0.5) is 0 Å². The predicted molar refractivity (Wildman–Crippen MR) is 82.3 cm³/mol. The van der Waals surface area contributed by atoms with E-state index in [1.54, 1.807) is 0 Å². The van der Waals surface area contributed by atoms with Crippen molar-refractivity contribution in [2.75, 3.05) is 13.7 Å². The topological polar surface area (TPSA) is 30.5 Å². The maximum atomic E-state index is 6.07. The summed E-state index contributed by atoms with van der Waals surface area (Å²) >= 11 is 3.46. The Morgan fingerprint density at radius 3 is 2.50 bits per heavy atom. The minimum Gasteiger partial charge on any atom is -0.486 e. The maximum Gasteiger partial charge on any atom is 0.161 e. The fraction of sp³-hybridized carbons (Fsp3) is 0.250. The summed E-state index contributed by atoms with van der Waals surface area (Å²) in [6.45, 7) is 0.540. The first-order valence-electron chi connectivity index (χ1n) is 6.59. The molecule has 0 aromatic heterocycles. The molecule has 0 spiro atoms. The van der Waals surface area contributed by atoms with Crippen molar-refractivity contribution in [2.24, 2.45) is 0 Å². The van der Waals surface area contributed by atoms with E-state index in [0.29, 0.717) is 6.61 Å². The second kappa shape index (κ2) is 5.85. The van der Waals surface area contributed by atoms with E-state index < -0.39 is 0 Å². The standard InChI is InChI=1S/C16H16BrNO2/c1-18-16(11-6-8-12(17)9-7-11)15-10-19-13-4-2-3-5-14(13)20-15/h2-9,15-16,18H,10H2,1H3. The van der Waals surface area contributed by atoms with Crippen molar-refractivity contribution in [3.63, 3.8) is 0 Å². The third kappa shape index (κ3) is 2.67. The Balaban J connectivity index is 1.83. The van der Waals surface area contributed by atoms with Crippen molar-refractivity contribution in [1.29, 1.82) is 0 Å². The molecule has 104 valence electrons. The molecule has 4 heteroatoms. The average Bonchev–Trinajstić information content (AvgIpc) is 2.50. The van der Waals surface area contributed by atoms with E-state index in [4.69, 9.17) is 9.47 Å². The van der Waals surface area contributed by atoms with E-state index in [9.17, 15) is 0 Å². The molecule has 0 aliphatic carbocycles.